The molecule has 0 aliphatic rings. The summed E-state index contributed by atoms with van der Waals surface area (Å²) in [4.78, 5) is 16.6. The lowest BCUT2D eigenvalue weighted by Crippen LogP contribution is -2.24. The maximum Gasteiger partial charge on any atom is 0.220 e. The van der Waals surface area contributed by atoms with Crippen molar-refractivity contribution in [1.82, 2.24) is 14.9 Å². The van der Waals surface area contributed by atoms with Gasteiger partial charge in [-0.05, 0) is 49.6 Å². The fourth-order valence-electron chi connectivity index (χ4n) is 3.51. The van der Waals surface area contributed by atoms with E-state index in [-0.39, 0.29) is 5.91 Å². The smallest absolute Gasteiger partial charge is 0.220 e. The molecule has 31 heavy (non-hydrogen) atoms. The number of amides is 1. The van der Waals surface area contributed by atoms with Crippen LogP contribution in [-0.2, 0) is 17.9 Å². The number of nitrogens with zero attached hydrogens (tertiary/aromatic N) is 2. The average molecular weight is 422 g/mol. The van der Waals surface area contributed by atoms with Crippen LogP contribution in [0.25, 0.3) is 17.1 Å². The van der Waals surface area contributed by atoms with E-state index >= 15 is 0 Å². The van der Waals surface area contributed by atoms with E-state index in [0.29, 0.717) is 19.6 Å². The molecule has 6 nitrogen and oxygen atoms in total. The highest BCUT2D eigenvalue weighted by atomic mass is 16.5. The zero-order valence-electron chi connectivity index (χ0n) is 18.6. The molecule has 0 aliphatic carbocycles. The summed E-state index contributed by atoms with van der Waals surface area (Å²) in [6.07, 6.45) is 6.18. The second-order valence-corrected chi connectivity index (χ2v) is 7.31. The van der Waals surface area contributed by atoms with Gasteiger partial charge in [0.25, 0.3) is 0 Å². The van der Waals surface area contributed by atoms with Crippen molar-refractivity contribution in [3.63, 3.8) is 0 Å². The standard InChI is InChI=1S/C25H31N3O3/c1-4-9-19-13-14-22(23(17-19)30-3)31-16-8-15-28-21-12-7-6-11-20(21)27-24(28)18-26-25(29)10-5-2/h4,6-7,9,11-14,17H,5,8,10,15-16,18H2,1-3H3,(H,26,29)/b9-4+. The topological polar surface area (TPSA) is 65.4 Å². The predicted molar refractivity (Wildman–Crippen MR) is 124 cm³/mol. The molecule has 0 saturated carbocycles. The van der Waals surface area contributed by atoms with Crippen molar-refractivity contribution in [1.29, 1.82) is 0 Å². The maximum absolute atomic E-state index is 11.9. The zero-order chi connectivity index (χ0) is 22.1. The van der Waals surface area contributed by atoms with Crippen LogP contribution in [0.2, 0.25) is 0 Å². The third-order valence-electron chi connectivity index (χ3n) is 4.98. The fourth-order valence-corrected chi connectivity index (χ4v) is 3.51. The van der Waals surface area contributed by atoms with Gasteiger partial charge in [0.15, 0.2) is 11.5 Å². The van der Waals surface area contributed by atoms with E-state index in [2.05, 4.69) is 16.0 Å². The van der Waals surface area contributed by atoms with Gasteiger partial charge in [0.1, 0.15) is 5.82 Å². The molecular formula is C25H31N3O3. The quantitative estimate of drug-likeness (QED) is 0.444. The molecule has 0 fully saturated rings. The zero-order valence-corrected chi connectivity index (χ0v) is 18.6. The first-order valence-corrected chi connectivity index (χ1v) is 10.8. The summed E-state index contributed by atoms with van der Waals surface area (Å²) in [5.74, 6) is 2.37. The molecule has 2 aromatic carbocycles. The molecule has 0 aliphatic heterocycles. The van der Waals surface area contributed by atoms with Gasteiger partial charge in [-0.3, -0.25) is 4.79 Å². The van der Waals surface area contributed by atoms with Gasteiger partial charge in [0.2, 0.25) is 5.91 Å². The summed E-state index contributed by atoms with van der Waals surface area (Å²) in [5.41, 5.74) is 3.08. The Hall–Kier alpha value is -3.28. The highest BCUT2D eigenvalue weighted by Gasteiger charge is 2.12. The maximum atomic E-state index is 11.9. The molecule has 0 saturated heterocycles. The minimum Gasteiger partial charge on any atom is -0.493 e. The van der Waals surface area contributed by atoms with Crippen molar-refractivity contribution in [2.24, 2.45) is 0 Å². The number of aromatic nitrogens is 2. The number of hydrogen-bond acceptors (Lipinski definition) is 4. The van der Waals surface area contributed by atoms with Crippen LogP contribution >= 0.6 is 0 Å². The molecule has 1 N–H and O–H groups in total. The lowest BCUT2D eigenvalue weighted by molar-refractivity contribution is -0.121. The van der Waals surface area contributed by atoms with Crippen molar-refractivity contribution in [2.45, 2.75) is 46.2 Å². The third kappa shape index (κ3) is 5.87. The van der Waals surface area contributed by atoms with Gasteiger partial charge in [-0.1, -0.05) is 37.3 Å². The Morgan fingerprint density at radius 1 is 1.19 bits per heavy atom. The Kier molecular flexibility index (Phi) is 8.10. The highest BCUT2D eigenvalue weighted by molar-refractivity contribution is 5.77. The number of hydrogen-bond donors (Lipinski definition) is 1. The molecule has 0 radical (unpaired) electrons. The van der Waals surface area contributed by atoms with Crippen molar-refractivity contribution < 1.29 is 14.3 Å². The number of nitrogens with one attached hydrogen (secondary N) is 1. The first kappa shape index (κ1) is 22.4. The van der Waals surface area contributed by atoms with E-state index < -0.39 is 0 Å². The van der Waals surface area contributed by atoms with Gasteiger partial charge in [0, 0.05) is 13.0 Å². The largest absolute Gasteiger partial charge is 0.493 e. The van der Waals surface area contributed by atoms with Crippen LogP contribution in [0.3, 0.4) is 0 Å². The first-order valence-electron chi connectivity index (χ1n) is 10.8. The number of rotatable bonds is 11. The number of carbonyl (C=O) groups is 1. The van der Waals surface area contributed by atoms with Crippen LogP contribution < -0.4 is 14.8 Å². The third-order valence-corrected chi connectivity index (χ3v) is 4.98. The number of benzene rings is 2. The summed E-state index contributed by atoms with van der Waals surface area (Å²) >= 11 is 0. The molecule has 1 aromatic heterocycles. The highest BCUT2D eigenvalue weighted by Crippen LogP contribution is 2.28. The molecule has 3 aromatic rings. The number of ether oxygens (including phenoxy) is 2. The van der Waals surface area contributed by atoms with Gasteiger partial charge in [-0.25, -0.2) is 4.98 Å². The first-order chi connectivity index (χ1) is 15.2. The van der Waals surface area contributed by atoms with Crippen LogP contribution in [0.1, 0.15) is 44.5 Å². The molecule has 0 spiro atoms. The number of allylic oxidation sites excluding steroid dienone is 1. The summed E-state index contributed by atoms with van der Waals surface area (Å²) < 4.78 is 13.6. The van der Waals surface area contributed by atoms with Crippen molar-refractivity contribution >= 4 is 23.0 Å². The van der Waals surface area contributed by atoms with Crippen LogP contribution in [0.4, 0.5) is 0 Å². The molecule has 1 heterocycles. The van der Waals surface area contributed by atoms with Gasteiger partial charge < -0.3 is 19.4 Å². The number of para-hydroxylation sites is 2. The lowest BCUT2D eigenvalue weighted by Gasteiger charge is -2.13. The number of methoxy groups -OCH3 is 1. The molecule has 3 rings (SSSR count). The van der Waals surface area contributed by atoms with E-state index in [0.717, 1.165) is 53.3 Å². The summed E-state index contributed by atoms with van der Waals surface area (Å²) in [6.45, 7) is 5.71. The Morgan fingerprint density at radius 2 is 2.03 bits per heavy atom. The Labute approximate surface area is 183 Å². The van der Waals surface area contributed by atoms with E-state index in [1.165, 1.54) is 0 Å². The number of imidazole rings is 1. The Balaban J connectivity index is 1.65. The van der Waals surface area contributed by atoms with E-state index in [1.807, 2.05) is 62.4 Å². The predicted octanol–water partition coefficient (Wildman–Crippen LogP) is 4.96. The molecular weight excluding hydrogens is 390 g/mol. The van der Waals surface area contributed by atoms with E-state index in [4.69, 9.17) is 14.5 Å². The second kappa shape index (κ2) is 11.2. The summed E-state index contributed by atoms with van der Waals surface area (Å²) in [6, 6.07) is 14.0. The van der Waals surface area contributed by atoms with Gasteiger partial charge >= 0.3 is 0 Å². The normalized spacial score (nSPS) is 11.2. The van der Waals surface area contributed by atoms with Crippen LogP contribution in [0.5, 0.6) is 11.5 Å². The second-order valence-electron chi connectivity index (χ2n) is 7.31. The SMILES string of the molecule is C/C=C/c1ccc(OCCCn2c(CNC(=O)CCC)nc3ccccc32)c(OC)c1. The van der Waals surface area contributed by atoms with E-state index in [9.17, 15) is 4.79 Å². The Morgan fingerprint density at radius 3 is 2.81 bits per heavy atom. The molecule has 0 atom stereocenters. The van der Waals surface area contributed by atoms with Crippen LogP contribution in [-0.4, -0.2) is 29.2 Å². The van der Waals surface area contributed by atoms with Crippen LogP contribution in [0.15, 0.2) is 48.5 Å². The molecule has 1 amide bonds. The molecule has 0 unspecified atom stereocenters. The van der Waals surface area contributed by atoms with Gasteiger partial charge in [-0.2, -0.15) is 0 Å². The molecule has 0 bridgehead atoms. The Bertz CT molecular complexity index is 1040. The monoisotopic (exact) mass is 421 g/mol. The lowest BCUT2D eigenvalue weighted by atomic mass is 10.2. The molecule has 6 heteroatoms. The van der Waals surface area contributed by atoms with E-state index in [1.54, 1.807) is 7.11 Å². The summed E-state index contributed by atoms with van der Waals surface area (Å²) in [5, 5.41) is 2.97. The fraction of sp³-hybridized carbons (Fsp3) is 0.360. The van der Waals surface area contributed by atoms with Crippen LogP contribution in [0, 0.1) is 0 Å². The van der Waals surface area contributed by atoms with Gasteiger partial charge in [0.05, 0.1) is 31.3 Å². The van der Waals surface area contributed by atoms with Crippen molar-refractivity contribution in [3.8, 4) is 11.5 Å². The van der Waals surface area contributed by atoms with Crippen molar-refractivity contribution in [3.05, 3.63) is 59.9 Å². The van der Waals surface area contributed by atoms with Gasteiger partial charge in [-0.15, -0.1) is 0 Å². The number of carbonyl (C=O) groups excluding carboxylic acids is 1. The number of fused-ring (bicyclic) bond motifs is 1. The minimum absolute atomic E-state index is 0.0536. The minimum atomic E-state index is 0.0536. The number of aryl methyl sites for hydroxylation is 1. The average Bonchev–Trinajstić information content (AvgIpc) is 3.14. The summed E-state index contributed by atoms with van der Waals surface area (Å²) in [7, 11) is 1.65. The van der Waals surface area contributed by atoms with Crippen molar-refractivity contribution in [2.75, 3.05) is 13.7 Å². The molecule has 164 valence electrons.